The van der Waals surface area contributed by atoms with E-state index in [9.17, 15) is 9.59 Å². The third kappa shape index (κ3) is 3.53. The first-order chi connectivity index (χ1) is 11.1. The van der Waals surface area contributed by atoms with Gasteiger partial charge < -0.3 is 14.7 Å². The van der Waals surface area contributed by atoms with E-state index in [1.807, 2.05) is 0 Å². The van der Waals surface area contributed by atoms with Gasteiger partial charge in [0, 0.05) is 37.5 Å². The van der Waals surface area contributed by atoms with Gasteiger partial charge in [-0.25, -0.2) is 4.98 Å². The van der Waals surface area contributed by atoms with Gasteiger partial charge in [-0.3, -0.25) is 14.6 Å². The van der Waals surface area contributed by atoms with Crippen molar-refractivity contribution in [2.45, 2.75) is 19.8 Å². The Morgan fingerprint density at radius 3 is 2.70 bits per heavy atom. The first kappa shape index (κ1) is 15.1. The maximum absolute atomic E-state index is 12.3. The molecule has 3 heterocycles. The van der Waals surface area contributed by atoms with Crippen LogP contribution in [0, 0.1) is 12.8 Å². The predicted molar refractivity (Wildman–Crippen MR) is 80.5 cm³/mol. The van der Waals surface area contributed by atoms with E-state index in [0.717, 1.165) is 0 Å². The number of nitrogens with zero attached hydrogens (tertiary/aromatic N) is 4. The van der Waals surface area contributed by atoms with Crippen molar-refractivity contribution < 1.29 is 14.1 Å². The molecular formula is C15H17N5O3. The number of hydrogen-bond acceptors (Lipinski definition) is 6. The monoisotopic (exact) mass is 315 g/mol. The minimum atomic E-state index is -0.149. The molecule has 8 heteroatoms. The lowest BCUT2D eigenvalue weighted by Crippen LogP contribution is -2.41. The van der Waals surface area contributed by atoms with E-state index in [2.05, 4.69) is 20.4 Å². The molecule has 1 aliphatic heterocycles. The summed E-state index contributed by atoms with van der Waals surface area (Å²) in [5.74, 6) is 0.683. The number of aromatic nitrogens is 3. The summed E-state index contributed by atoms with van der Waals surface area (Å²) in [6, 6.07) is 1.67. The van der Waals surface area contributed by atoms with Crippen molar-refractivity contribution in [3.8, 4) is 0 Å². The Hall–Kier alpha value is -2.77. The Bertz CT molecular complexity index is 692. The van der Waals surface area contributed by atoms with Gasteiger partial charge in [0.05, 0.1) is 6.20 Å². The molecule has 0 radical (unpaired) electrons. The Morgan fingerprint density at radius 1 is 1.30 bits per heavy atom. The van der Waals surface area contributed by atoms with Crippen molar-refractivity contribution in [2.75, 3.05) is 18.4 Å². The highest BCUT2D eigenvalue weighted by Gasteiger charge is 2.28. The number of hydrogen-bond donors (Lipinski definition) is 1. The normalized spacial score (nSPS) is 15.4. The van der Waals surface area contributed by atoms with Gasteiger partial charge in [0.2, 0.25) is 5.91 Å². The summed E-state index contributed by atoms with van der Waals surface area (Å²) >= 11 is 0. The largest absolute Gasteiger partial charge is 0.360 e. The van der Waals surface area contributed by atoms with Crippen molar-refractivity contribution in [1.29, 1.82) is 0 Å². The number of anilines is 1. The molecule has 1 N–H and O–H groups in total. The quantitative estimate of drug-likeness (QED) is 0.915. The molecule has 0 spiro atoms. The standard InChI is InChI=1S/C15H17N5O3/c1-10-8-13(19-23-10)18-14(21)11-2-6-20(7-3-11)15(22)12-9-16-4-5-17-12/h4-5,8-9,11H,2-3,6-7H2,1H3,(H,18,19,21). The summed E-state index contributed by atoms with van der Waals surface area (Å²) in [7, 11) is 0. The fourth-order valence-corrected chi connectivity index (χ4v) is 2.57. The number of carbonyl (C=O) groups excluding carboxylic acids is 2. The number of piperidine rings is 1. The zero-order chi connectivity index (χ0) is 16.2. The number of likely N-dealkylation sites (tertiary alicyclic amines) is 1. The Balaban J connectivity index is 1.54. The van der Waals surface area contributed by atoms with Gasteiger partial charge in [0.15, 0.2) is 5.82 Å². The van der Waals surface area contributed by atoms with Gasteiger partial charge in [-0.15, -0.1) is 0 Å². The van der Waals surface area contributed by atoms with E-state index in [1.165, 1.54) is 18.6 Å². The molecule has 0 saturated carbocycles. The summed E-state index contributed by atoms with van der Waals surface area (Å²) in [6.07, 6.45) is 5.68. The van der Waals surface area contributed by atoms with Crippen molar-refractivity contribution in [3.05, 3.63) is 36.1 Å². The van der Waals surface area contributed by atoms with Crippen LogP contribution < -0.4 is 5.32 Å². The zero-order valence-corrected chi connectivity index (χ0v) is 12.7. The second kappa shape index (κ2) is 6.55. The van der Waals surface area contributed by atoms with Crippen molar-refractivity contribution in [1.82, 2.24) is 20.0 Å². The number of carbonyl (C=O) groups is 2. The number of nitrogens with one attached hydrogen (secondary N) is 1. The van der Waals surface area contributed by atoms with Crippen LogP contribution in [-0.2, 0) is 4.79 Å². The fourth-order valence-electron chi connectivity index (χ4n) is 2.57. The molecule has 0 atom stereocenters. The third-order valence-corrected chi connectivity index (χ3v) is 3.81. The van der Waals surface area contributed by atoms with Crippen molar-refractivity contribution in [3.63, 3.8) is 0 Å². The molecule has 3 rings (SSSR count). The molecule has 0 bridgehead atoms. The van der Waals surface area contributed by atoms with Gasteiger partial charge in [-0.2, -0.15) is 0 Å². The van der Waals surface area contributed by atoms with Crippen LogP contribution >= 0.6 is 0 Å². The lowest BCUT2D eigenvalue weighted by atomic mass is 9.95. The molecule has 2 aromatic heterocycles. The minimum absolute atomic E-state index is 0.0927. The van der Waals surface area contributed by atoms with E-state index >= 15 is 0 Å². The van der Waals surface area contributed by atoms with Crippen LogP contribution in [-0.4, -0.2) is 44.9 Å². The molecule has 0 unspecified atom stereocenters. The first-order valence-corrected chi connectivity index (χ1v) is 7.43. The molecule has 0 aromatic carbocycles. The van der Waals surface area contributed by atoms with Crippen molar-refractivity contribution >= 4 is 17.6 Å². The average molecular weight is 315 g/mol. The molecule has 8 nitrogen and oxygen atoms in total. The molecule has 2 amide bonds. The van der Waals surface area contributed by atoms with Crippen LogP contribution in [0.3, 0.4) is 0 Å². The molecule has 1 aliphatic rings. The lowest BCUT2D eigenvalue weighted by molar-refractivity contribution is -0.121. The number of aryl methyl sites for hydroxylation is 1. The minimum Gasteiger partial charge on any atom is -0.360 e. The molecular weight excluding hydrogens is 298 g/mol. The van der Waals surface area contributed by atoms with E-state index in [0.29, 0.717) is 43.2 Å². The fraction of sp³-hybridized carbons (Fsp3) is 0.400. The Morgan fingerprint density at radius 2 is 2.09 bits per heavy atom. The number of rotatable bonds is 3. The van der Waals surface area contributed by atoms with Gasteiger partial charge in [0.25, 0.3) is 5.91 Å². The Kier molecular flexibility index (Phi) is 4.31. The van der Waals surface area contributed by atoms with E-state index in [4.69, 9.17) is 4.52 Å². The molecule has 23 heavy (non-hydrogen) atoms. The highest BCUT2D eigenvalue weighted by Crippen LogP contribution is 2.20. The van der Waals surface area contributed by atoms with Crippen LogP contribution in [0.2, 0.25) is 0 Å². The predicted octanol–water partition coefficient (Wildman–Crippen LogP) is 1.26. The summed E-state index contributed by atoms with van der Waals surface area (Å²) in [6.45, 7) is 2.80. The lowest BCUT2D eigenvalue weighted by Gasteiger charge is -2.30. The molecule has 2 aromatic rings. The molecule has 0 aliphatic carbocycles. The van der Waals surface area contributed by atoms with Crippen LogP contribution in [0.25, 0.3) is 0 Å². The van der Waals surface area contributed by atoms with Gasteiger partial charge in [-0.1, -0.05) is 5.16 Å². The molecule has 1 saturated heterocycles. The first-order valence-electron chi connectivity index (χ1n) is 7.43. The van der Waals surface area contributed by atoms with Crippen LogP contribution in [0.1, 0.15) is 29.1 Å². The van der Waals surface area contributed by atoms with Gasteiger partial charge in [-0.05, 0) is 19.8 Å². The Labute approximate surface area is 132 Å². The topological polar surface area (TPSA) is 101 Å². The maximum atomic E-state index is 12.3. The molecule has 1 fully saturated rings. The number of amides is 2. The third-order valence-electron chi connectivity index (χ3n) is 3.81. The maximum Gasteiger partial charge on any atom is 0.274 e. The summed E-state index contributed by atoms with van der Waals surface area (Å²) in [5.41, 5.74) is 0.327. The van der Waals surface area contributed by atoms with Gasteiger partial charge >= 0.3 is 0 Å². The SMILES string of the molecule is Cc1cc(NC(=O)C2CCN(C(=O)c3cnccn3)CC2)no1. The highest BCUT2D eigenvalue weighted by atomic mass is 16.5. The summed E-state index contributed by atoms with van der Waals surface area (Å²) in [4.78, 5) is 34.1. The van der Waals surface area contributed by atoms with E-state index < -0.39 is 0 Å². The smallest absolute Gasteiger partial charge is 0.274 e. The summed E-state index contributed by atoms with van der Waals surface area (Å²) < 4.78 is 4.92. The van der Waals surface area contributed by atoms with Crippen LogP contribution in [0.5, 0.6) is 0 Å². The highest BCUT2D eigenvalue weighted by molar-refractivity contribution is 5.93. The van der Waals surface area contributed by atoms with Crippen LogP contribution in [0.15, 0.2) is 29.2 Å². The van der Waals surface area contributed by atoms with E-state index in [-0.39, 0.29) is 17.7 Å². The van der Waals surface area contributed by atoms with E-state index in [1.54, 1.807) is 17.9 Å². The molecule has 120 valence electrons. The second-order valence-electron chi connectivity index (χ2n) is 5.47. The zero-order valence-electron chi connectivity index (χ0n) is 12.7. The van der Waals surface area contributed by atoms with Crippen molar-refractivity contribution in [2.24, 2.45) is 5.92 Å². The van der Waals surface area contributed by atoms with Crippen LogP contribution in [0.4, 0.5) is 5.82 Å². The summed E-state index contributed by atoms with van der Waals surface area (Å²) in [5, 5.41) is 6.49. The average Bonchev–Trinajstić information content (AvgIpc) is 3.00. The second-order valence-corrected chi connectivity index (χ2v) is 5.47. The van der Waals surface area contributed by atoms with Gasteiger partial charge in [0.1, 0.15) is 11.5 Å².